The quantitative estimate of drug-likeness (QED) is 0.771. The van der Waals surface area contributed by atoms with Crippen molar-refractivity contribution in [1.29, 1.82) is 0 Å². The number of halogens is 1. The first-order valence-corrected chi connectivity index (χ1v) is 4.89. The van der Waals surface area contributed by atoms with Crippen molar-refractivity contribution in [2.75, 3.05) is 7.11 Å². The van der Waals surface area contributed by atoms with E-state index in [0.29, 0.717) is 0 Å². The maximum absolute atomic E-state index is 13.3. The first-order chi connectivity index (χ1) is 8.54. The zero-order valence-electron chi connectivity index (χ0n) is 9.27. The van der Waals surface area contributed by atoms with Crippen LogP contribution in [0.2, 0.25) is 0 Å². The Balaban J connectivity index is 2.53. The van der Waals surface area contributed by atoms with Crippen molar-refractivity contribution in [2.45, 2.75) is 0 Å². The SMILES string of the molecule is COc1c(F)ccc(-c2cc(C(=O)O)[nH]n2)c1O. The molecule has 1 aromatic carbocycles. The second-order valence-corrected chi connectivity index (χ2v) is 3.45. The van der Waals surface area contributed by atoms with Gasteiger partial charge in [0.15, 0.2) is 17.3 Å². The monoisotopic (exact) mass is 252 g/mol. The summed E-state index contributed by atoms with van der Waals surface area (Å²) in [5.74, 6) is -2.64. The number of carboxylic acids is 1. The molecule has 0 amide bonds. The van der Waals surface area contributed by atoms with Crippen molar-refractivity contribution in [3.05, 3.63) is 29.7 Å². The van der Waals surface area contributed by atoms with Crippen molar-refractivity contribution in [2.24, 2.45) is 0 Å². The van der Waals surface area contributed by atoms with Crippen LogP contribution < -0.4 is 4.74 Å². The zero-order chi connectivity index (χ0) is 13.3. The Bertz CT molecular complexity index is 609. The minimum absolute atomic E-state index is 0.132. The topological polar surface area (TPSA) is 95.4 Å². The minimum atomic E-state index is -1.18. The second kappa shape index (κ2) is 4.36. The number of nitrogens with zero attached hydrogens (tertiary/aromatic N) is 1. The lowest BCUT2D eigenvalue weighted by Gasteiger charge is -2.07. The van der Waals surface area contributed by atoms with Crippen molar-refractivity contribution >= 4 is 5.97 Å². The van der Waals surface area contributed by atoms with E-state index in [0.717, 1.165) is 6.07 Å². The maximum Gasteiger partial charge on any atom is 0.353 e. The number of hydrogen-bond acceptors (Lipinski definition) is 4. The summed E-state index contributed by atoms with van der Waals surface area (Å²) >= 11 is 0. The Labute approximate surface area is 101 Å². The van der Waals surface area contributed by atoms with Crippen molar-refractivity contribution < 1.29 is 24.1 Å². The third-order valence-corrected chi connectivity index (χ3v) is 2.37. The molecule has 0 atom stereocenters. The highest BCUT2D eigenvalue weighted by Gasteiger charge is 2.17. The summed E-state index contributed by atoms with van der Waals surface area (Å²) in [6.07, 6.45) is 0. The molecule has 0 unspecified atom stereocenters. The van der Waals surface area contributed by atoms with Gasteiger partial charge in [-0.1, -0.05) is 0 Å². The van der Waals surface area contributed by atoms with Crippen LogP contribution in [0.5, 0.6) is 11.5 Å². The number of phenols is 1. The Morgan fingerprint density at radius 1 is 1.50 bits per heavy atom. The Hall–Kier alpha value is -2.57. The number of nitrogens with one attached hydrogen (secondary N) is 1. The van der Waals surface area contributed by atoms with Crippen LogP contribution in [0.1, 0.15) is 10.5 Å². The fourth-order valence-corrected chi connectivity index (χ4v) is 1.52. The van der Waals surface area contributed by atoms with Crippen LogP contribution in [0.25, 0.3) is 11.3 Å². The summed E-state index contributed by atoms with van der Waals surface area (Å²) in [4.78, 5) is 10.7. The summed E-state index contributed by atoms with van der Waals surface area (Å²) < 4.78 is 18.0. The lowest BCUT2D eigenvalue weighted by molar-refractivity contribution is 0.0690. The van der Waals surface area contributed by atoms with Crippen LogP contribution in [0.4, 0.5) is 4.39 Å². The summed E-state index contributed by atoms with van der Waals surface area (Å²) in [5.41, 5.74) is 0.230. The molecule has 0 aliphatic rings. The first kappa shape index (κ1) is 11.9. The number of aromatic hydroxyl groups is 1. The lowest BCUT2D eigenvalue weighted by atomic mass is 10.1. The van der Waals surface area contributed by atoms with Crippen molar-refractivity contribution in [1.82, 2.24) is 10.2 Å². The van der Waals surface area contributed by atoms with Crippen LogP contribution in [-0.2, 0) is 0 Å². The van der Waals surface area contributed by atoms with E-state index < -0.39 is 17.5 Å². The molecule has 2 aromatic rings. The highest BCUT2D eigenvalue weighted by molar-refractivity contribution is 5.87. The van der Waals surface area contributed by atoms with Gasteiger partial charge in [-0.2, -0.15) is 5.10 Å². The maximum atomic E-state index is 13.3. The van der Waals surface area contributed by atoms with Gasteiger partial charge in [0, 0.05) is 5.56 Å². The van der Waals surface area contributed by atoms with Crippen LogP contribution in [0.3, 0.4) is 0 Å². The molecule has 0 saturated carbocycles. The molecule has 94 valence electrons. The van der Waals surface area contributed by atoms with Gasteiger partial charge in [0.05, 0.1) is 12.8 Å². The Morgan fingerprint density at radius 2 is 2.22 bits per heavy atom. The zero-order valence-corrected chi connectivity index (χ0v) is 9.27. The van der Waals surface area contributed by atoms with Crippen LogP contribution in [0.15, 0.2) is 18.2 Å². The number of methoxy groups -OCH3 is 1. The van der Waals surface area contributed by atoms with Crippen LogP contribution in [-0.4, -0.2) is 33.5 Å². The van der Waals surface area contributed by atoms with Crippen LogP contribution >= 0.6 is 0 Å². The van der Waals surface area contributed by atoms with Gasteiger partial charge in [-0.15, -0.1) is 0 Å². The summed E-state index contributed by atoms with van der Waals surface area (Å²) in [7, 11) is 1.22. The smallest absolute Gasteiger partial charge is 0.353 e. The van der Waals surface area contributed by atoms with E-state index in [4.69, 9.17) is 9.84 Å². The van der Waals surface area contributed by atoms with E-state index in [1.807, 2.05) is 0 Å². The molecule has 0 aliphatic carbocycles. The number of carbonyl (C=O) groups is 1. The van der Waals surface area contributed by atoms with Gasteiger partial charge in [-0.25, -0.2) is 9.18 Å². The number of ether oxygens (including phenoxy) is 1. The van der Waals surface area contributed by atoms with E-state index in [1.165, 1.54) is 19.2 Å². The van der Waals surface area contributed by atoms with Crippen molar-refractivity contribution in [3.8, 4) is 22.8 Å². The molecule has 0 spiro atoms. The molecule has 2 rings (SSSR count). The van der Waals surface area contributed by atoms with E-state index in [1.54, 1.807) is 0 Å². The number of hydrogen-bond donors (Lipinski definition) is 3. The number of phenolic OH excluding ortho intramolecular Hbond substituents is 1. The molecule has 1 heterocycles. The lowest BCUT2D eigenvalue weighted by Crippen LogP contribution is -1.95. The molecule has 0 fully saturated rings. The van der Waals surface area contributed by atoms with Gasteiger partial charge in [0.1, 0.15) is 5.69 Å². The van der Waals surface area contributed by atoms with Gasteiger partial charge in [-0.05, 0) is 18.2 Å². The second-order valence-electron chi connectivity index (χ2n) is 3.45. The predicted octanol–water partition coefficient (Wildman–Crippen LogP) is 1.63. The molecule has 6 nitrogen and oxygen atoms in total. The molecule has 3 N–H and O–H groups in total. The molecule has 18 heavy (non-hydrogen) atoms. The Kier molecular flexibility index (Phi) is 2.88. The number of H-pyrrole nitrogens is 1. The molecule has 7 heteroatoms. The van der Waals surface area contributed by atoms with E-state index in [-0.39, 0.29) is 22.7 Å². The minimum Gasteiger partial charge on any atom is -0.504 e. The number of rotatable bonds is 3. The largest absolute Gasteiger partial charge is 0.504 e. The molecule has 0 radical (unpaired) electrons. The highest BCUT2D eigenvalue weighted by atomic mass is 19.1. The van der Waals surface area contributed by atoms with Crippen molar-refractivity contribution in [3.63, 3.8) is 0 Å². The molecule has 0 saturated heterocycles. The predicted molar refractivity (Wildman–Crippen MR) is 59.2 cm³/mol. The normalized spacial score (nSPS) is 10.3. The van der Waals surface area contributed by atoms with Gasteiger partial charge < -0.3 is 14.9 Å². The molecule has 0 aliphatic heterocycles. The molecule has 1 aromatic heterocycles. The van der Waals surface area contributed by atoms with Crippen LogP contribution in [0, 0.1) is 5.82 Å². The first-order valence-electron chi connectivity index (χ1n) is 4.89. The summed E-state index contributed by atoms with van der Waals surface area (Å²) in [6, 6.07) is 3.62. The summed E-state index contributed by atoms with van der Waals surface area (Å²) in [6.45, 7) is 0. The standard InChI is InChI=1S/C11H9FN2O4/c1-18-10-6(12)3-2-5(9(10)15)7-4-8(11(16)17)14-13-7/h2-4,15H,1H3,(H,13,14)(H,16,17). The third-order valence-electron chi connectivity index (χ3n) is 2.37. The highest BCUT2D eigenvalue weighted by Crippen LogP contribution is 2.38. The van der Waals surface area contributed by atoms with Gasteiger partial charge >= 0.3 is 5.97 Å². The number of aromatic carboxylic acids is 1. The number of aromatic amines is 1. The fourth-order valence-electron chi connectivity index (χ4n) is 1.52. The molecular weight excluding hydrogens is 243 g/mol. The van der Waals surface area contributed by atoms with E-state index in [2.05, 4.69) is 10.2 Å². The summed E-state index contributed by atoms with van der Waals surface area (Å²) in [5, 5.41) is 24.6. The number of benzene rings is 1. The van der Waals surface area contributed by atoms with E-state index >= 15 is 0 Å². The molecular formula is C11H9FN2O4. The fraction of sp³-hybridized carbons (Fsp3) is 0.0909. The van der Waals surface area contributed by atoms with Gasteiger partial charge in [0.25, 0.3) is 0 Å². The van der Waals surface area contributed by atoms with E-state index in [9.17, 15) is 14.3 Å². The average Bonchev–Trinajstić information content (AvgIpc) is 2.79. The third kappa shape index (κ3) is 1.86. The molecule has 0 bridgehead atoms. The van der Waals surface area contributed by atoms with Gasteiger partial charge in [-0.3, -0.25) is 5.10 Å². The average molecular weight is 252 g/mol. The Morgan fingerprint density at radius 3 is 2.78 bits per heavy atom. The number of carboxylic acid groups (broad SMARTS) is 1. The van der Waals surface area contributed by atoms with Gasteiger partial charge in [0.2, 0.25) is 0 Å². The number of aromatic nitrogens is 2.